The monoisotopic (exact) mass is 984 g/mol. The molecule has 352 valence electrons. The third-order valence-corrected chi connectivity index (χ3v) is 15.7. The molecule has 2 aliphatic heterocycles. The number of ether oxygens (including phenoxy) is 4. The van der Waals surface area contributed by atoms with Crippen molar-refractivity contribution < 1.29 is 35.8 Å². The molecule has 0 aromatic carbocycles. The van der Waals surface area contributed by atoms with Crippen molar-refractivity contribution in [3.63, 3.8) is 0 Å². The quantitative estimate of drug-likeness (QED) is 0.108. The van der Waals surface area contributed by atoms with Crippen LogP contribution in [0, 0.1) is 13.8 Å². The molecule has 24 heteroatoms. The summed E-state index contributed by atoms with van der Waals surface area (Å²) in [5.74, 6) is 1.50. The van der Waals surface area contributed by atoms with Crippen LogP contribution in [0.25, 0.3) is 23.0 Å². The van der Waals surface area contributed by atoms with Gasteiger partial charge in [-0.1, -0.05) is 35.3 Å². The molecule has 20 nitrogen and oxygen atoms in total. The van der Waals surface area contributed by atoms with Crippen molar-refractivity contribution in [1.29, 1.82) is 0 Å². The molecule has 2 fully saturated rings. The lowest BCUT2D eigenvalue weighted by Crippen LogP contribution is -2.33. The second-order valence-corrected chi connectivity index (χ2v) is 21.4. The maximum Gasteiger partial charge on any atom is 0.182 e. The number of halogens is 2. The lowest BCUT2D eigenvalue weighted by molar-refractivity contribution is -0.0594. The van der Waals surface area contributed by atoms with Gasteiger partial charge in [0.15, 0.2) is 43.0 Å². The summed E-state index contributed by atoms with van der Waals surface area (Å²) < 4.78 is 79.1. The standard InChI is InChI=1S/2C21H25ClN6O4S/c2*1-13-5-4-6-17(25-13)21-27-26-18(28(21)11-16-7-8-32-16)12-33(29,30)14(2)19(31-3)20-23-9-15(22)10-24-20/h2*4-6,9-10,14,16,19H,7-8,11-12H2,1-3H3/t14-,16+,19-;14-,16-,19-/m00/s1. The molecule has 0 bridgehead atoms. The second-order valence-electron chi connectivity index (χ2n) is 15.8. The minimum absolute atomic E-state index is 0.0161. The van der Waals surface area contributed by atoms with E-state index in [1.807, 2.05) is 50.2 Å². The van der Waals surface area contributed by atoms with E-state index in [0.29, 0.717) is 71.0 Å². The summed E-state index contributed by atoms with van der Waals surface area (Å²) >= 11 is 11.7. The Morgan fingerprint density at radius 2 is 1.00 bits per heavy atom. The first-order valence-electron chi connectivity index (χ1n) is 21.0. The van der Waals surface area contributed by atoms with Crippen LogP contribution < -0.4 is 0 Å². The van der Waals surface area contributed by atoms with Crippen molar-refractivity contribution in [3.05, 3.63) is 106 Å². The summed E-state index contributed by atoms with van der Waals surface area (Å²) in [4.78, 5) is 25.6. The van der Waals surface area contributed by atoms with Gasteiger partial charge in [-0.2, -0.15) is 0 Å². The van der Waals surface area contributed by atoms with Gasteiger partial charge in [0.25, 0.3) is 0 Å². The Morgan fingerprint density at radius 3 is 1.30 bits per heavy atom. The molecular weight excluding hydrogens is 936 g/mol. The largest absolute Gasteiger partial charge is 0.376 e. The SMILES string of the molecule is CO[C@H](c1ncc(Cl)cn1)[C@H](C)S(=O)(=O)Cc1nnc(-c2cccc(C)n2)n1C[C@@H]1CCO1.CO[C@H](c1ncc(Cl)cn1)[C@H](C)S(=O)(=O)Cc1nnc(-c2cccc(C)n2)n1C[C@H]1CCO1. The zero-order valence-corrected chi connectivity index (χ0v) is 40.2. The highest BCUT2D eigenvalue weighted by atomic mass is 35.5. The van der Waals surface area contributed by atoms with E-state index in [0.717, 1.165) is 24.2 Å². The summed E-state index contributed by atoms with van der Waals surface area (Å²) in [5.41, 5.74) is 2.91. The van der Waals surface area contributed by atoms with Gasteiger partial charge in [-0.25, -0.2) is 46.7 Å². The van der Waals surface area contributed by atoms with Crippen LogP contribution >= 0.6 is 23.2 Å². The Labute approximate surface area is 392 Å². The van der Waals surface area contributed by atoms with E-state index < -0.39 is 42.4 Å². The summed E-state index contributed by atoms with van der Waals surface area (Å²) in [7, 11) is -4.61. The van der Waals surface area contributed by atoms with Gasteiger partial charge in [-0.15, -0.1) is 20.4 Å². The molecule has 0 saturated carbocycles. The van der Waals surface area contributed by atoms with Crippen molar-refractivity contribution in [2.45, 2.75) is 100 Å². The zero-order valence-electron chi connectivity index (χ0n) is 37.1. The predicted molar refractivity (Wildman–Crippen MR) is 242 cm³/mol. The number of nitrogens with zero attached hydrogens (tertiary/aromatic N) is 12. The van der Waals surface area contributed by atoms with Crippen LogP contribution in [-0.2, 0) is 63.2 Å². The molecule has 0 spiro atoms. The van der Waals surface area contributed by atoms with Gasteiger partial charge in [0.1, 0.15) is 46.8 Å². The first-order valence-corrected chi connectivity index (χ1v) is 25.1. The molecule has 0 N–H and O–H groups in total. The van der Waals surface area contributed by atoms with E-state index in [4.69, 9.17) is 42.1 Å². The fraction of sp³-hybridized carbons (Fsp3) is 0.476. The molecule has 6 aromatic rings. The highest BCUT2D eigenvalue weighted by Crippen LogP contribution is 2.30. The molecule has 0 amide bonds. The average molecular weight is 986 g/mol. The molecule has 0 radical (unpaired) electrons. The molecule has 66 heavy (non-hydrogen) atoms. The Kier molecular flexibility index (Phi) is 15.8. The van der Waals surface area contributed by atoms with E-state index in [1.54, 1.807) is 23.0 Å². The van der Waals surface area contributed by atoms with Gasteiger partial charge in [0.2, 0.25) is 0 Å². The van der Waals surface area contributed by atoms with Crippen molar-refractivity contribution in [3.8, 4) is 23.0 Å². The first-order chi connectivity index (χ1) is 31.6. The number of sulfone groups is 2. The smallest absolute Gasteiger partial charge is 0.182 e. The van der Waals surface area contributed by atoms with Crippen LogP contribution in [0.2, 0.25) is 10.0 Å². The van der Waals surface area contributed by atoms with Gasteiger partial charge < -0.3 is 28.1 Å². The fourth-order valence-corrected chi connectivity index (χ4v) is 10.3. The van der Waals surface area contributed by atoms with Gasteiger partial charge >= 0.3 is 0 Å². The Hall–Kier alpha value is -4.94. The Bertz CT molecular complexity index is 2620. The number of rotatable bonds is 18. The van der Waals surface area contributed by atoms with E-state index in [2.05, 4.69) is 50.3 Å². The Balaban J connectivity index is 0.000000196. The third-order valence-electron chi connectivity index (χ3n) is 11.2. The highest BCUT2D eigenvalue weighted by molar-refractivity contribution is 7.91. The molecule has 0 unspecified atom stereocenters. The van der Waals surface area contributed by atoms with E-state index in [-0.39, 0.29) is 35.4 Å². The normalized spacial score (nSPS) is 18.0. The van der Waals surface area contributed by atoms with E-state index in [9.17, 15) is 16.8 Å². The molecule has 2 aliphatic rings. The number of aryl methyl sites for hydroxylation is 2. The topological polar surface area (TPSA) is 244 Å². The van der Waals surface area contributed by atoms with Crippen LogP contribution in [0.1, 0.15) is 73.6 Å². The van der Waals surface area contributed by atoms with Crippen LogP contribution in [0.5, 0.6) is 0 Å². The van der Waals surface area contributed by atoms with Crippen LogP contribution in [0.3, 0.4) is 0 Å². The minimum Gasteiger partial charge on any atom is -0.376 e. The number of hydrogen-bond acceptors (Lipinski definition) is 18. The zero-order chi connectivity index (χ0) is 47.2. The predicted octanol–water partition coefficient (Wildman–Crippen LogP) is 5.14. The number of aromatic nitrogens is 12. The molecule has 8 heterocycles. The van der Waals surface area contributed by atoms with Gasteiger partial charge in [-0.05, 0) is 64.8 Å². The maximum atomic E-state index is 13.4. The summed E-state index contributed by atoms with van der Waals surface area (Å²) in [5, 5.41) is 15.8. The Morgan fingerprint density at radius 1 is 0.636 bits per heavy atom. The molecule has 6 aromatic heterocycles. The molecule has 2 saturated heterocycles. The highest BCUT2D eigenvalue weighted by Gasteiger charge is 2.37. The van der Waals surface area contributed by atoms with Crippen molar-refractivity contribution in [2.75, 3.05) is 27.4 Å². The molecule has 8 rings (SSSR count). The van der Waals surface area contributed by atoms with Gasteiger partial charge in [-0.3, -0.25) is 0 Å². The van der Waals surface area contributed by atoms with Crippen molar-refractivity contribution in [1.82, 2.24) is 59.4 Å². The average Bonchev–Trinajstić information content (AvgIpc) is 3.84. The van der Waals surface area contributed by atoms with Gasteiger partial charge in [0, 0.05) is 63.6 Å². The maximum absolute atomic E-state index is 13.4. The summed E-state index contributed by atoms with van der Waals surface area (Å²) in [6.07, 6.45) is 5.65. The third kappa shape index (κ3) is 11.6. The van der Waals surface area contributed by atoms with Crippen molar-refractivity contribution >= 4 is 42.9 Å². The fourth-order valence-electron chi connectivity index (χ4n) is 7.20. The van der Waals surface area contributed by atoms with E-state index >= 15 is 0 Å². The number of pyridine rings is 2. The van der Waals surface area contributed by atoms with Crippen LogP contribution in [0.4, 0.5) is 0 Å². The summed E-state index contributed by atoms with van der Waals surface area (Å²) in [6.45, 7) is 9.18. The van der Waals surface area contributed by atoms with Crippen LogP contribution in [-0.4, -0.2) is 126 Å². The number of methoxy groups -OCH3 is 2. The van der Waals surface area contributed by atoms with Gasteiger partial charge in [0.05, 0.1) is 45.8 Å². The number of hydrogen-bond donors (Lipinski definition) is 0. The minimum atomic E-state index is -3.73. The molecule has 0 aliphatic carbocycles. The van der Waals surface area contributed by atoms with E-state index in [1.165, 1.54) is 39.0 Å². The van der Waals surface area contributed by atoms with Crippen LogP contribution in [0.15, 0.2) is 61.2 Å². The summed E-state index contributed by atoms with van der Waals surface area (Å²) in [6, 6.07) is 11.2. The molecular formula is C42H50Cl2N12O8S2. The second kappa shape index (κ2) is 21.3. The first kappa shape index (κ1) is 49.0. The lowest BCUT2D eigenvalue weighted by atomic mass is 10.2. The van der Waals surface area contributed by atoms with Crippen molar-refractivity contribution in [2.24, 2.45) is 0 Å². The lowest BCUT2D eigenvalue weighted by Gasteiger charge is -2.28. The molecule has 6 atom stereocenters.